The van der Waals surface area contributed by atoms with E-state index in [4.69, 9.17) is 10.5 Å². The zero-order chi connectivity index (χ0) is 7.56. The van der Waals surface area contributed by atoms with Crippen LogP contribution in [0.4, 0.5) is 0 Å². The second-order valence-corrected chi connectivity index (χ2v) is 1.77. The van der Waals surface area contributed by atoms with Gasteiger partial charge in [0.25, 0.3) is 0 Å². The van der Waals surface area contributed by atoms with Crippen molar-refractivity contribution < 1.29 is 0 Å². The van der Waals surface area contributed by atoms with E-state index in [0.717, 1.165) is 0 Å². The van der Waals surface area contributed by atoms with Gasteiger partial charge in [0.1, 0.15) is 18.0 Å². The topological polar surface area (TPSA) is 76.3 Å². The molecule has 0 fully saturated rings. The summed E-state index contributed by atoms with van der Waals surface area (Å²) in [4.78, 5) is 6.41. The Labute approximate surface area is 86.2 Å². The zero-order valence-corrected chi connectivity index (χ0v) is 8.34. The predicted octanol–water partition coefficient (Wildman–Crippen LogP) is 0.0807. The van der Waals surface area contributed by atoms with Crippen LogP contribution in [0.3, 0.4) is 0 Å². The molecule has 1 rings (SSSR count). The molecule has 1 N–H and O–H groups in total. The molecule has 11 heavy (non-hydrogen) atoms. The molecule has 0 aliphatic carbocycles. The molecule has 4 nitrogen and oxygen atoms in total. The second-order valence-electron chi connectivity index (χ2n) is 1.77. The first-order valence-corrected chi connectivity index (χ1v) is 2.64. The number of imidazole rings is 1. The van der Waals surface area contributed by atoms with Crippen molar-refractivity contribution in [3.8, 4) is 12.1 Å². The van der Waals surface area contributed by atoms with Crippen LogP contribution in [0.15, 0.2) is 0 Å². The fourth-order valence-electron chi connectivity index (χ4n) is 0.653. The van der Waals surface area contributed by atoms with Gasteiger partial charge in [-0.1, -0.05) is 0 Å². The molecule has 0 saturated heterocycles. The summed E-state index contributed by atoms with van der Waals surface area (Å²) < 4.78 is 0. The summed E-state index contributed by atoms with van der Waals surface area (Å²) >= 11 is 0. The average Bonchev–Trinajstić information content (AvgIpc) is 2.30. The van der Waals surface area contributed by atoms with Crippen molar-refractivity contribution in [3.63, 3.8) is 0 Å². The number of nitrogens with zero attached hydrogens (tertiary/aromatic N) is 3. The molecule has 1 heterocycles. The van der Waals surface area contributed by atoms with E-state index in [9.17, 15) is 0 Å². The molecule has 0 amide bonds. The molecule has 0 aliphatic heterocycles. The molecule has 0 aromatic carbocycles. The zero-order valence-electron chi connectivity index (χ0n) is 6.34. The molecule has 0 aliphatic rings. The van der Waals surface area contributed by atoms with Crippen LogP contribution < -0.4 is 0 Å². The van der Waals surface area contributed by atoms with Crippen molar-refractivity contribution >= 4 is 29.6 Å². The number of nitrogens with one attached hydrogen (secondary N) is 1. The Hall–Kier alpha value is -0.810. The predicted molar refractivity (Wildman–Crippen MR) is 38.5 cm³/mol. The van der Waals surface area contributed by atoms with Crippen LogP contribution in [0, 0.1) is 29.6 Å². The first-order valence-electron chi connectivity index (χ1n) is 2.64. The molecule has 0 saturated carbocycles. The summed E-state index contributed by atoms with van der Waals surface area (Å²) in [7, 11) is 0. The van der Waals surface area contributed by atoms with Gasteiger partial charge in [0.05, 0.1) is 0 Å². The van der Waals surface area contributed by atoms with E-state index in [-0.39, 0.29) is 40.9 Å². The van der Waals surface area contributed by atoms with Gasteiger partial charge in [0, 0.05) is 29.6 Å². The fourth-order valence-corrected chi connectivity index (χ4v) is 0.653. The molecule has 0 spiro atoms. The summed E-state index contributed by atoms with van der Waals surface area (Å²) in [6, 6.07) is 3.63. The number of aromatic nitrogens is 2. The summed E-state index contributed by atoms with van der Waals surface area (Å²) in [6.45, 7) is 1.70. The maximum Gasteiger partial charge on any atom is 0.176 e. The number of aromatic amines is 1. The normalized spacial score (nSPS) is 7.55. The Balaban J connectivity index is 0.000001000. The molecule has 0 unspecified atom stereocenters. The maximum absolute atomic E-state index is 8.39. The van der Waals surface area contributed by atoms with Crippen LogP contribution in [-0.2, 0) is 0 Å². The fraction of sp³-hybridized carbons (Fsp3) is 0.167. The first-order chi connectivity index (χ1) is 4.77. The van der Waals surface area contributed by atoms with E-state index in [2.05, 4.69) is 9.97 Å². The van der Waals surface area contributed by atoms with Crippen molar-refractivity contribution in [3.05, 3.63) is 17.2 Å². The first kappa shape index (κ1) is 10.2. The maximum atomic E-state index is 8.39. The van der Waals surface area contributed by atoms with E-state index >= 15 is 0 Å². The Morgan fingerprint density at radius 3 is 2.36 bits per heavy atom. The molecular formula is C6H4N4Na. The van der Waals surface area contributed by atoms with E-state index in [1.807, 2.05) is 6.07 Å². The van der Waals surface area contributed by atoms with Crippen molar-refractivity contribution in [2.75, 3.05) is 0 Å². The summed E-state index contributed by atoms with van der Waals surface area (Å²) in [5.74, 6) is 0.591. The molecular weight excluding hydrogens is 151 g/mol. The van der Waals surface area contributed by atoms with Gasteiger partial charge in [0.2, 0.25) is 0 Å². The number of H-pyrrole nitrogens is 1. The van der Waals surface area contributed by atoms with Gasteiger partial charge in [0.15, 0.2) is 11.4 Å². The molecule has 49 valence electrons. The van der Waals surface area contributed by atoms with Gasteiger partial charge in [-0.2, -0.15) is 10.5 Å². The quantitative estimate of drug-likeness (QED) is 0.539. The number of hydrogen-bond acceptors (Lipinski definition) is 3. The van der Waals surface area contributed by atoms with E-state index in [1.165, 1.54) is 0 Å². The Kier molecular flexibility index (Phi) is 3.84. The van der Waals surface area contributed by atoms with Crippen molar-refractivity contribution in [1.29, 1.82) is 10.5 Å². The van der Waals surface area contributed by atoms with E-state index < -0.39 is 0 Å². The number of hydrogen-bond donors (Lipinski definition) is 1. The van der Waals surface area contributed by atoms with Gasteiger partial charge in [-0.15, -0.1) is 0 Å². The standard InChI is InChI=1S/C6H4N4.Na/c1-4-9-5(2-7)6(3-8)10-4;/h1H3,(H,9,10);. The van der Waals surface area contributed by atoms with Crippen LogP contribution in [0.1, 0.15) is 17.2 Å². The summed E-state index contributed by atoms with van der Waals surface area (Å²) in [6.07, 6.45) is 0. The molecule has 5 heteroatoms. The molecule has 1 radical (unpaired) electrons. The minimum Gasteiger partial charge on any atom is -0.333 e. The molecule has 0 atom stereocenters. The van der Waals surface area contributed by atoms with Gasteiger partial charge < -0.3 is 4.98 Å². The summed E-state index contributed by atoms with van der Waals surface area (Å²) in [5, 5.41) is 16.8. The molecule has 0 bridgehead atoms. The largest absolute Gasteiger partial charge is 0.333 e. The number of rotatable bonds is 0. The Morgan fingerprint density at radius 1 is 1.36 bits per heavy atom. The average molecular weight is 155 g/mol. The third-order valence-corrected chi connectivity index (χ3v) is 1.04. The Morgan fingerprint density at radius 2 is 2.00 bits per heavy atom. The smallest absolute Gasteiger partial charge is 0.176 e. The van der Waals surface area contributed by atoms with Crippen molar-refractivity contribution in [1.82, 2.24) is 9.97 Å². The minimum atomic E-state index is 0. The van der Waals surface area contributed by atoms with Crippen LogP contribution in [0.25, 0.3) is 0 Å². The number of aryl methyl sites for hydroxylation is 1. The third kappa shape index (κ3) is 2.06. The van der Waals surface area contributed by atoms with Gasteiger partial charge >= 0.3 is 0 Å². The van der Waals surface area contributed by atoms with Crippen LogP contribution in [-0.4, -0.2) is 39.5 Å². The number of nitriles is 2. The van der Waals surface area contributed by atoms with Gasteiger partial charge in [-0.3, -0.25) is 0 Å². The minimum absolute atomic E-state index is 0. The second kappa shape index (κ2) is 4.15. The van der Waals surface area contributed by atoms with Crippen molar-refractivity contribution in [2.45, 2.75) is 6.92 Å². The Bertz CT molecular complexity index is 296. The van der Waals surface area contributed by atoms with Crippen LogP contribution in [0.2, 0.25) is 0 Å². The van der Waals surface area contributed by atoms with Crippen molar-refractivity contribution in [2.24, 2.45) is 0 Å². The third-order valence-electron chi connectivity index (χ3n) is 1.04. The SMILES string of the molecule is Cc1nc(C#N)c(C#N)[nH]1.[Na]. The van der Waals surface area contributed by atoms with Gasteiger partial charge in [-0.05, 0) is 6.92 Å². The summed E-state index contributed by atoms with van der Waals surface area (Å²) in [5.41, 5.74) is 0.403. The monoisotopic (exact) mass is 155 g/mol. The molecule has 1 aromatic heterocycles. The van der Waals surface area contributed by atoms with Crippen LogP contribution >= 0.6 is 0 Å². The van der Waals surface area contributed by atoms with Crippen LogP contribution in [0.5, 0.6) is 0 Å². The molecule has 1 aromatic rings. The van der Waals surface area contributed by atoms with Gasteiger partial charge in [-0.25, -0.2) is 4.98 Å². The van der Waals surface area contributed by atoms with E-state index in [0.29, 0.717) is 5.82 Å². The van der Waals surface area contributed by atoms with E-state index in [1.54, 1.807) is 13.0 Å².